The quantitative estimate of drug-likeness (QED) is 0.534. The van der Waals surface area contributed by atoms with Gasteiger partial charge in [-0.2, -0.15) is 0 Å². The maximum Gasteiger partial charge on any atom is 0.302 e. The second-order valence-electron chi connectivity index (χ2n) is 12.0. The molecule has 0 amide bonds. The Morgan fingerprint density at radius 3 is 2.56 bits per heavy atom. The molecule has 32 heavy (non-hydrogen) atoms. The molecule has 1 aliphatic heterocycles. The summed E-state index contributed by atoms with van der Waals surface area (Å²) in [5.74, 6) is 0.551. The highest BCUT2D eigenvalue weighted by atomic mass is 16.5. The normalized spacial score (nSPS) is 55.0. The summed E-state index contributed by atoms with van der Waals surface area (Å²) in [4.78, 5) is 26.9. The van der Waals surface area contributed by atoms with E-state index in [1.807, 2.05) is 0 Å². The zero-order valence-electron chi connectivity index (χ0n) is 19.8. The predicted octanol–water partition coefficient (Wildman–Crippen LogP) is 2.93. The lowest BCUT2D eigenvalue weighted by molar-refractivity contribution is -0.229. The molecule has 0 aromatic heterocycles. The van der Waals surface area contributed by atoms with Crippen molar-refractivity contribution in [3.8, 4) is 0 Å². The van der Waals surface area contributed by atoms with E-state index in [0.717, 1.165) is 50.8 Å². The topological polar surface area (TPSA) is 76.1 Å². The minimum atomic E-state index is -0.575. The first-order valence-corrected chi connectivity index (χ1v) is 12.6. The van der Waals surface area contributed by atoms with E-state index in [1.54, 1.807) is 0 Å². The van der Waals surface area contributed by atoms with E-state index in [-0.39, 0.29) is 52.2 Å². The molecule has 0 aromatic rings. The standard InChI is InChI=1S/C26H37NO5/c1-6-27-12-24(5)8-7-21(32-15(4)29)26-19(24)9-17(22(26)27)25-11-16(13(2)23(25)30)18(10-20(25)26)31-14(3)28/h16-23,30H,2,6-12H2,1,3-5H3/t16-,17-,18+,19-,20-,21+,22?,23-,24+,25+,26+/m1/s1. The molecule has 2 spiro atoms. The molecule has 1 unspecified atom stereocenters. The van der Waals surface area contributed by atoms with Crippen LogP contribution in [0.15, 0.2) is 12.2 Å². The summed E-state index contributed by atoms with van der Waals surface area (Å²) in [6.45, 7) is 14.0. The number of carbonyl (C=O) groups is 2. The van der Waals surface area contributed by atoms with Crippen LogP contribution in [0.2, 0.25) is 0 Å². The van der Waals surface area contributed by atoms with Crippen molar-refractivity contribution in [1.29, 1.82) is 0 Å². The molecule has 1 saturated heterocycles. The van der Waals surface area contributed by atoms with Crippen LogP contribution >= 0.6 is 0 Å². The fourth-order valence-corrected chi connectivity index (χ4v) is 10.6. The fourth-order valence-electron chi connectivity index (χ4n) is 10.6. The minimum Gasteiger partial charge on any atom is -0.462 e. The highest BCUT2D eigenvalue weighted by molar-refractivity contribution is 5.67. The number of ether oxygens (including phenoxy) is 2. The molecule has 1 N–H and O–H groups in total. The van der Waals surface area contributed by atoms with Gasteiger partial charge in [0.25, 0.3) is 0 Å². The molecule has 5 saturated carbocycles. The van der Waals surface area contributed by atoms with Crippen LogP contribution in [0.25, 0.3) is 0 Å². The van der Waals surface area contributed by atoms with Gasteiger partial charge in [0.05, 0.1) is 6.10 Å². The molecule has 6 nitrogen and oxygen atoms in total. The molecule has 6 heteroatoms. The van der Waals surface area contributed by atoms with Crippen molar-refractivity contribution in [3.05, 3.63) is 12.2 Å². The lowest BCUT2D eigenvalue weighted by Gasteiger charge is -2.65. The molecule has 7 bridgehead atoms. The van der Waals surface area contributed by atoms with Crippen molar-refractivity contribution in [2.45, 2.75) is 84.2 Å². The van der Waals surface area contributed by atoms with E-state index in [2.05, 4.69) is 25.3 Å². The van der Waals surface area contributed by atoms with Crippen molar-refractivity contribution in [3.63, 3.8) is 0 Å². The van der Waals surface area contributed by atoms with Gasteiger partial charge in [0, 0.05) is 43.2 Å². The predicted molar refractivity (Wildman–Crippen MR) is 117 cm³/mol. The first-order valence-electron chi connectivity index (χ1n) is 12.6. The van der Waals surface area contributed by atoms with E-state index < -0.39 is 6.10 Å². The second-order valence-corrected chi connectivity index (χ2v) is 12.0. The molecular weight excluding hydrogens is 406 g/mol. The molecule has 6 fully saturated rings. The largest absolute Gasteiger partial charge is 0.462 e. The van der Waals surface area contributed by atoms with Gasteiger partial charge in [-0.3, -0.25) is 14.5 Å². The van der Waals surface area contributed by atoms with Gasteiger partial charge in [-0.15, -0.1) is 0 Å². The Labute approximate surface area is 190 Å². The third kappa shape index (κ3) is 2.15. The SMILES string of the molecule is C=C1[C@H]2C[C@]3([C@@H]1O)[C@@H]1C[C@@H]4[C@@]5(C)CC[C@H](OC(C)=O)[C@@]4(C1N(CC)C5)[C@@H]3C[C@@H]2OC(C)=O. The van der Waals surface area contributed by atoms with E-state index in [9.17, 15) is 14.7 Å². The smallest absolute Gasteiger partial charge is 0.302 e. The summed E-state index contributed by atoms with van der Waals surface area (Å²) >= 11 is 0. The number of fused-ring (bicyclic) bond motifs is 1. The van der Waals surface area contributed by atoms with E-state index >= 15 is 0 Å². The number of carbonyl (C=O) groups excluding carboxylic acids is 2. The number of piperidine rings is 1. The van der Waals surface area contributed by atoms with Crippen LogP contribution in [0, 0.1) is 39.9 Å². The van der Waals surface area contributed by atoms with Gasteiger partial charge >= 0.3 is 11.9 Å². The summed E-state index contributed by atoms with van der Waals surface area (Å²) in [5.41, 5.74) is 0.608. The average Bonchev–Trinajstić information content (AvgIpc) is 3.24. The Morgan fingerprint density at radius 1 is 1.19 bits per heavy atom. The monoisotopic (exact) mass is 443 g/mol. The number of aliphatic hydroxyl groups is 1. The first kappa shape index (κ1) is 21.2. The lowest BCUT2D eigenvalue weighted by Crippen LogP contribution is -2.69. The van der Waals surface area contributed by atoms with Gasteiger partial charge in [0.2, 0.25) is 0 Å². The van der Waals surface area contributed by atoms with Crippen molar-refractivity contribution < 1.29 is 24.2 Å². The molecule has 0 aromatic carbocycles. The minimum absolute atomic E-state index is 0.0259. The van der Waals surface area contributed by atoms with Crippen LogP contribution in [0.3, 0.4) is 0 Å². The number of likely N-dealkylation sites (tertiary alicyclic amines) is 1. The van der Waals surface area contributed by atoms with Crippen molar-refractivity contribution in [2.75, 3.05) is 13.1 Å². The molecule has 11 atom stereocenters. The average molecular weight is 444 g/mol. The summed E-state index contributed by atoms with van der Waals surface area (Å²) in [6, 6.07) is 0.303. The number of aliphatic hydroxyl groups excluding tert-OH is 1. The lowest BCUT2D eigenvalue weighted by atomic mass is 9.43. The van der Waals surface area contributed by atoms with Crippen LogP contribution in [0.5, 0.6) is 0 Å². The molecule has 5 aliphatic carbocycles. The van der Waals surface area contributed by atoms with Gasteiger partial charge in [0.1, 0.15) is 12.2 Å². The number of hydrogen-bond donors (Lipinski definition) is 1. The van der Waals surface area contributed by atoms with Crippen LogP contribution in [0.1, 0.15) is 59.8 Å². The third-order valence-corrected chi connectivity index (χ3v) is 11.1. The summed E-state index contributed by atoms with van der Waals surface area (Å²) in [5, 5.41) is 11.7. The highest BCUT2D eigenvalue weighted by Crippen LogP contribution is 2.83. The van der Waals surface area contributed by atoms with Crippen molar-refractivity contribution in [2.24, 2.45) is 39.9 Å². The van der Waals surface area contributed by atoms with Crippen LogP contribution < -0.4 is 0 Å². The maximum atomic E-state index is 12.3. The Bertz CT molecular complexity index is 903. The molecule has 6 aliphatic rings. The Kier molecular flexibility index (Phi) is 4.22. The van der Waals surface area contributed by atoms with Crippen molar-refractivity contribution >= 4 is 11.9 Å². The zero-order valence-corrected chi connectivity index (χ0v) is 19.8. The highest BCUT2D eigenvalue weighted by Gasteiger charge is 2.86. The number of rotatable bonds is 3. The van der Waals surface area contributed by atoms with Crippen LogP contribution in [0.4, 0.5) is 0 Å². The second kappa shape index (κ2) is 6.38. The maximum absolute atomic E-state index is 12.3. The Hall–Kier alpha value is -1.40. The first-order chi connectivity index (χ1) is 15.1. The number of nitrogens with zero attached hydrogens (tertiary/aromatic N) is 1. The zero-order chi connectivity index (χ0) is 22.8. The summed E-state index contributed by atoms with van der Waals surface area (Å²) in [6.07, 6.45) is 3.68. The van der Waals surface area contributed by atoms with Crippen molar-refractivity contribution in [1.82, 2.24) is 4.90 Å². The summed E-state index contributed by atoms with van der Waals surface area (Å²) < 4.78 is 12.0. The molecule has 176 valence electrons. The Balaban J connectivity index is 1.56. The molecule has 1 heterocycles. The van der Waals surface area contributed by atoms with E-state index in [1.165, 1.54) is 13.8 Å². The molecule has 6 rings (SSSR count). The Morgan fingerprint density at radius 2 is 1.91 bits per heavy atom. The number of esters is 2. The van der Waals surface area contributed by atoms with E-state index in [4.69, 9.17) is 9.47 Å². The number of hydrogen-bond acceptors (Lipinski definition) is 6. The summed E-state index contributed by atoms with van der Waals surface area (Å²) in [7, 11) is 0. The van der Waals surface area contributed by atoms with E-state index in [0.29, 0.717) is 17.9 Å². The molecular formula is C26H37NO5. The fraction of sp³-hybridized carbons (Fsp3) is 0.846. The van der Waals surface area contributed by atoms with Crippen LogP contribution in [-0.4, -0.2) is 59.4 Å². The van der Waals surface area contributed by atoms with Crippen LogP contribution in [-0.2, 0) is 19.1 Å². The van der Waals surface area contributed by atoms with Gasteiger partial charge in [-0.05, 0) is 67.4 Å². The molecule has 0 radical (unpaired) electrons. The van der Waals surface area contributed by atoms with Gasteiger partial charge in [-0.25, -0.2) is 0 Å². The van der Waals surface area contributed by atoms with Gasteiger partial charge < -0.3 is 14.6 Å². The van der Waals surface area contributed by atoms with Gasteiger partial charge in [-0.1, -0.05) is 20.4 Å². The third-order valence-electron chi connectivity index (χ3n) is 11.1. The van der Waals surface area contributed by atoms with Gasteiger partial charge in [0.15, 0.2) is 0 Å².